The molecular weight excluding hydrogens is 336 g/mol. The first-order chi connectivity index (χ1) is 12.1. The molecule has 0 aliphatic carbocycles. The van der Waals surface area contributed by atoms with Crippen molar-refractivity contribution in [3.63, 3.8) is 0 Å². The fraction of sp³-hybridized carbons (Fsp3) is 0.444. The lowest BCUT2D eigenvalue weighted by Crippen LogP contribution is -2.29. The summed E-state index contributed by atoms with van der Waals surface area (Å²) in [7, 11) is 0. The zero-order valence-corrected chi connectivity index (χ0v) is 15.1. The van der Waals surface area contributed by atoms with Crippen molar-refractivity contribution < 1.29 is 9.59 Å². The van der Waals surface area contributed by atoms with Crippen LogP contribution >= 0.6 is 12.2 Å². The van der Waals surface area contributed by atoms with E-state index >= 15 is 0 Å². The van der Waals surface area contributed by atoms with Gasteiger partial charge in [-0.05, 0) is 37.2 Å². The molecule has 0 saturated carbocycles. The van der Waals surface area contributed by atoms with Gasteiger partial charge >= 0.3 is 0 Å². The van der Waals surface area contributed by atoms with Gasteiger partial charge in [-0.1, -0.05) is 31.9 Å². The second kappa shape index (κ2) is 7.74. The molecule has 1 aromatic heterocycles. The van der Waals surface area contributed by atoms with Crippen LogP contribution in [0.3, 0.4) is 0 Å². The minimum Gasteiger partial charge on any atom is -0.359 e. The largest absolute Gasteiger partial charge is 0.359 e. The van der Waals surface area contributed by atoms with E-state index in [2.05, 4.69) is 22.5 Å². The number of unbranched alkanes of at least 4 members (excludes halogenated alkanes) is 2. The number of carbonyl (C=O) groups excluding carboxylic acids is 2. The third-order valence-electron chi connectivity index (χ3n) is 4.38. The third-order valence-corrected chi connectivity index (χ3v) is 4.66. The van der Waals surface area contributed by atoms with E-state index in [4.69, 9.17) is 12.2 Å². The van der Waals surface area contributed by atoms with Crippen LogP contribution in [-0.4, -0.2) is 34.0 Å². The number of rotatable bonds is 7. The highest BCUT2D eigenvalue weighted by atomic mass is 32.1. The molecule has 1 aromatic carbocycles. The van der Waals surface area contributed by atoms with Gasteiger partial charge < -0.3 is 10.6 Å². The van der Waals surface area contributed by atoms with E-state index in [0.717, 1.165) is 30.2 Å². The molecule has 6 nitrogen and oxygen atoms in total. The van der Waals surface area contributed by atoms with Crippen LogP contribution in [0.2, 0.25) is 0 Å². The number of nitrogens with zero attached hydrogens (tertiary/aromatic N) is 2. The predicted octanol–water partition coefficient (Wildman–Crippen LogP) is 3.29. The Hall–Kier alpha value is -2.28. The topological polar surface area (TPSA) is 76.0 Å². The van der Waals surface area contributed by atoms with Crippen molar-refractivity contribution in [3.8, 4) is 0 Å². The van der Waals surface area contributed by atoms with E-state index in [0.29, 0.717) is 25.2 Å². The summed E-state index contributed by atoms with van der Waals surface area (Å²) < 4.78 is 1.69. The standard InChI is InChI=1S/C18H22N4O2S/c1-2-3-6-11-19-15(23)10-9-14-17(24)22-16(20-14)12-7-4-5-8-13(12)21-18(22)25/h4-5,7-8,14,20H,2-3,6,9-11H2,1H3,(H,19,23)/t14-/m0/s1. The quantitative estimate of drug-likeness (QED) is 0.587. The maximum atomic E-state index is 12.6. The smallest absolute Gasteiger partial charge is 0.257 e. The highest BCUT2D eigenvalue weighted by Gasteiger charge is 2.31. The number of para-hydroxylation sites is 1. The summed E-state index contributed by atoms with van der Waals surface area (Å²) in [6.07, 6.45) is 3.96. The van der Waals surface area contributed by atoms with Crippen LogP contribution in [0.25, 0.3) is 10.9 Å². The van der Waals surface area contributed by atoms with Crippen molar-refractivity contribution in [2.45, 2.75) is 45.1 Å². The molecule has 25 heavy (non-hydrogen) atoms. The molecule has 2 heterocycles. The summed E-state index contributed by atoms with van der Waals surface area (Å²) in [6.45, 7) is 2.82. The Morgan fingerprint density at radius 1 is 1.36 bits per heavy atom. The van der Waals surface area contributed by atoms with Crippen LogP contribution in [0.5, 0.6) is 0 Å². The SMILES string of the molecule is CCCCCNC(=O)CC[C@@H]1Nc2c3ccccc3nc(=S)n2C1=O. The Morgan fingerprint density at radius 2 is 2.16 bits per heavy atom. The molecule has 7 heteroatoms. The average Bonchev–Trinajstić information content (AvgIpc) is 2.94. The lowest BCUT2D eigenvalue weighted by Gasteiger charge is -2.09. The number of hydrogen-bond donors (Lipinski definition) is 2. The van der Waals surface area contributed by atoms with Gasteiger partial charge in [-0.15, -0.1) is 0 Å². The number of amides is 1. The first kappa shape index (κ1) is 17.5. The fourth-order valence-electron chi connectivity index (χ4n) is 3.03. The van der Waals surface area contributed by atoms with Crippen LogP contribution in [0.1, 0.15) is 43.8 Å². The highest BCUT2D eigenvalue weighted by molar-refractivity contribution is 7.71. The van der Waals surface area contributed by atoms with Gasteiger partial charge in [0.05, 0.1) is 5.52 Å². The van der Waals surface area contributed by atoms with Crippen molar-refractivity contribution in [2.75, 3.05) is 11.9 Å². The summed E-state index contributed by atoms with van der Waals surface area (Å²) >= 11 is 5.27. The summed E-state index contributed by atoms with van der Waals surface area (Å²) in [6, 6.07) is 7.12. The van der Waals surface area contributed by atoms with E-state index in [9.17, 15) is 9.59 Å². The van der Waals surface area contributed by atoms with Gasteiger partial charge in [0.15, 0.2) is 0 Å². The molecule has 2 aromatic rings. The lowest BCUT2D eigenvalue weighted by molar-refractivity contribution is -0.121. The summed E-state index contributed by atoms with van der Waals surface area (Å²) in [5.74, 6) is 0.513. The molecule has 1 amide bonds. The Kier molecular flexibility index (Phi) is 5.43. The van der Waals surface area contributed by atoms with Gasteiger partial charge in [0.2, 0.25) is 10.7 Å². The van der Waals surface area contributed by atoms with Gasteiger partial charge in [-0.2, -0.15) is 0 Å². The summed E-state index contributed by atoms with van der Waals surface area (Å²) in [4.78, 5) is 28.9. The van der Waals surface area contributed by atoms with Crippen LogP contribution in [0.15, 0.2) is 24.3 Å². The first-order valence-corrected chi connectivity index (χ1v) is 9.12. The Morgan fingerprint density at radius 3 is 2.96 bits per heavy atom. The number of aromatic nitrogens is 2. The maximum absolute atomic E-state index is 12.6. The fourth-order valence-corrected chi connectivity index (χ4v) is 3.31. The van der Waals surface area contributed by atoms with Crippen molar-refractivity contribution in [3.05, 3.63) is 29.0 Å². The summed E-state index contributed by atoms with van der Waals surface area (Å²) in [5, 5.41) is 6.98. The second-order valence-corrected chi connectivity index (χ2v) is 6.59. The molecule has 0 bridgehead atoms. The molecule has 132 valence electrons. The van der Waals surface area contributed by atoms with Crippen LogP contribution < -0.4 is 10.6 Å². The van der Waals surface area contributed by atoms with Gasteiger partial charge in [-0.25, -0.2) is 9.55 Å². The highest BCUT2D eigenvalue weighted by Crippen LogP contribution is 2.28. The van der Waals surface area contributed by atoms with Crippen LogP contribution in [0.4, 0.5) is 5.82 Å². The van der Waals surface area contributed by atoms with E-state index in [1.807, 2.05) is 24.3 Å². The first-order valence-electron chi connectivity index (χ1n) is 8.71. The number of hydrogen-bond acceptors (Lipinski definition) is 5. The van der Waals surface area contributed by atoms with Crippen molar-refractivity contribution in [2.24, 2.45) is 0 Å². The number of fused-ring (bicyclic) bond motifs is 3. The zero-order valence-electron chi connectivity index (χ0n) is 14.2. The molecule has 0 saturated heterocycles. The maximum Gasteiger partial charge on any atom is 0.257 e. The van der Waals surface area contributed by atoms with Crippen molar-refractivity contribution >= 4 is 40.8 Å². The van der Waals surface area contributed by atoms with E-state index in [-0.39, 0.29) is 16.6 Å². The third kappa shape index (κ3) is 3.71. The average molecular weight is 358 g/mol. The second-order valence-electron chi connectivity index (χ2n) is 6.23. The molecule has 1 aliphatic heterocycles. The Bertz CT molecular complexity index is 862. The molecule has 0 unspecified atom stereocenters. The molecule has 1 aliphatic rings. The van der Waals surface area contributed by atoms with E-state index in [1.54, 1.807) is 0 Å². The zero-order chi connectivity index (χ0) is 17.8. The molecule has 1 atom stereocenters. The molecule has 2 N–H and O–H groups in total. The number of benzene rings is 1. The molecule has 0 spiro atoms. The molecule has 0 radical (unpaired) electrons. The molecule has 3 rings (SSSR count). The van der Waals surface area contributed by atoms with Gasteiger partial charge in [0.25, 0.3) is 5.91 Å². The minimum atomic E-state index is -0.448. The van der Waals surface area contributed by atoms with E-state index < -0.39 is 6.04 Å². The van der Waals surface area contributed by atoms with Gasteiger partial charge in [0, 0.05) is 18.4 Å². The summed E-state index contributed by atoms with van der Waals surface area (Å²) in [5.41, 5.74) is 0.758. The van der Waals surface area contributed by atoms with Crippen LogP contribution in [-0.2, 0) is 4.79 Å². The normalized spacial score (nSPS) is 15.9. The predicted molar refractivity (Wildman–Crippen MR) is 100 cm³/mol. The lowest BCUT2D eigenvalue weighted by atomic mass is 10.1. The van der Waals surface area contributed by atoms with Gasteiger partial charge in [0.1, 0.15) is 11.9 Å². The Labute approximate surface area is 151 Å². The van der Waals surface area contributed by atoms with Crippen LogP contribution in [0, 0.1) is 4.77 Å². The Balaban J connectivity index is 1.67. The van der Waals surface area contributed by atoms with Crippen molar-refractivity contribution in [1.82, 2.24) is 14.9 Å². The molecular formula is C18H22N4O2S. The van der Waals surface area contributed by atoms with Crippen molar-refractivity contribution in [1.29, 1.82) is 0 Å². The minimum absolute atomic E-state index is 0.0201. The molecule has 0 fully saturated rings. The van der Waals surface area contributed by atoms with Gasteiger partial charge in [-0.3, -0.25) is 9.59 Å². The van der Waals surface area contributed by atoms with E-state index in [1.165, 1.54) is 4.57 Å². The number of carbonyl (C=O) groups is 2. The monoisotopic (exact) mass is 358 g/mol. The number of anilines is 1. The number of nitrogens with one attached hydrogen (secondary N) is 2.